The van der Waals surface area contributed by atoms with Gasteiger partial charge in [-0.25, -0.2) is 0 Å². The molecule has 0 N–H and O–H groups in total. The monoisotopic (exact) mass is 270 g/mol. The van der Waals surface area contributed by atoms with Crippen LogP contribution >= 0.6 is 24.8 Å². The third-order valence-corrected chi connectivity index (χ3v) is 3.36. The van der Waals surface area contributed by atoms with Gasteiger partial charge in [-0.1, -0.05) is 73.4 Å². The van der Waals surface area contributed by atoms with E-state index in [1.54, 1.807) is 0 Å². The van der Waals surface area contributed by atoms with Gasteiger partial charge in [0.1, 0.15) is 0 Å². The molecule has 90 valence electrons. The number of rotatable bonds is 4. The fourth-order valence-corrected chi connectivity index (χ4v) is 2.40. The molecule has 0 aromatic heterocycles. The molecule has 2 aromatic carbocycles. The van der Waals surface area contributed by atoms with Gasteiger partial charge in [0, 0.05) is 5.56 Å². The maximum Gasteiger partial charge on any atom is 0.0750 e. The lowest BCUT2D eigenvalue weighted by atomic mass is 9.97. The van der Waals surface area contributed by atoms with Crippen molar-refractivity contribution in [2.75, 3.05) is 0 Å². The summed E-state index contributed by atoms with van der Waals surface area (Å²) in [5, 5.41) is 0. The molecule has 2 rings (SSSR count). The maximum absolute atomic E-state index is 5.17. The summed E-state index contributed by atoms with van der Waals surface area (Å²) in [6, 6.07) is 16.4. The van der Waals surface area contributed by atoms with Crippen LogP contribution in [0.1, 0.15) is 22.3 Å². The summed E-state index contributed by atoms with van der Waals surface area (Å²) in [6.07, 6.45) is 2.73. The molecule has 0 atom stereocenters. The van der Waals surface area contributed by atoms with Crippen LogP contribution in [0.25, 0.3) is 6.08 Å². The van der Waals surface area contributed by atoms with E-state index in [2.05, 4.69) is 37.4 Å². The van der Waals surface area contributed by atoms with Crippen molar-refractivity contribution in [1.29, 1.82) is 0 Å². The average Bonchev–Trinajstić information content (AvgIpc) is 2.40. The minimum absolute atomic E-state index is 0.640. The van der Waals surface area contributed by atoms with Crippen LogP contribution in [0.2, 0.25) is 0 Å². The van der Waals surface area contributed by atoms with Crippen LogP contribution in [0, 0.1) is 0 Å². The molecule has 0 saturated heterocycles. The van der Waals surface area contributed by atoms with Crippen molar-refractivity contribution in [3.05, 3.63) is 77.4 Å². The summed E-state index contributed by atoms with van der Waals surface area (Å²) < 4.78 is 0.640. The molecule has 0 aliphatic carbocycles. The molecule has 0 radical (unpaired) electrons. The Morgan fingerprint density at radius 3 is 2.33 bits per heavy atom. The first kappa shape index (κ1) is 13.1. The van der Waals surface area contributed by atoms with Crippen molar-refractivity contribution >= 4 is 35.1 Å². The molecule has 0 amide bonds. The SMILES string of the molecule is C=Cc1ccccc1Cc1ccccc1C(=S)S. The second kappa shape index (κ2) is 5.98. The van der Waals surface area contributed by atoms with E-state index in [0.717, 1.165) is 17.5 Å². The summed E-state index contributed by atoms with van der Waals surface area (Å²) >= 11 is 9.45. The van der Waals surface area contributed by atoms with Gasteiger partial charge < -0.3 is 0 Å². The molecule has 2 aromatic rings. The third kappa shape index (κ3) is 2.89. The zero-order chi connectivity index (χ0) is 13.0. The highest BCUT2D eigenvalue weighted by atomic mass is 32.1. The van der Waals surface area contributed by atoms with Crippen molar-refractivity contribution in [2.24, 2.45) is 0 Å². The number of hydrogen-bond donors (Lipinski definition) is 1. The fourth-order valence-electron chi connectivity index (χ4n) is 1.98. The summed E-state index contributed by atoms with van der Waals surface area (Å²) in [5.41, 5.74) is 4.66. The molecular formula is C16H14S2. The first-order valence-electron chi connectivity index (χ1n) is 5.74. The van der Waals surface area contributed by atoms with Gasteiger partial charge in [0.05, 0.1) is 4.20 Å². The largest absolute Gasteiger partial charge is 0.131 e. The molecule has 0 bridgehead atoms. The lowest BCUT2D eigenvalue weighted by molar-refractivity contribution is 1.18. The van der Waals surface area contributed by atoms with Crippen LogP contribution in [0.4, 0.5) is 0 Å². The van der Waals surface area contributed by atoms with Gasteiger partial charge in [0.2, 0.25) is 0 Å². The van der Waals surface area contributed by atoms with Gasteiger partial charge in [0.15, 0.2) is 0 Å². The Labute approximate surface area is 119 Å². The minimum Gasteiger partial charge on any atom is -0.131 e. The van der Waals surface area contributed by atoms with E-state index in [-0.39, 0.29) is 0 Å². The predicted octanol–water partition coefficient (Wildman–Crippen LogP) is 4.53. The van der Waals surface area contributed by atoms with E-state index in [1.165, 1.54) is 11.1 Å². The van der Waals surface area contributed by atoms with Gasteiger partial charge >= 0.3 is 0 Å². The molecule has 0 aliphatic heterocycles. The molecule has 0 saturated carbocycles. The molecule has 0 nitrogen and oxygen atoms in total. The third-order valence-electron chi connectivity index (χ3n) is 2.90. The lowest BCUT2D eigenvalue weighted by Crippen LogP contribution is -1.99. The van der Waals surface area contributed by atoms with Crippen LogP contribution in [0.15, 0.2) is 55.1 Å². The van der Waals surface area contributed by atoms with E-state index in [4.69, 9.17) is 12.2 Å². The molecule has 18 heavy (non-hydrogen) atoms. The highest BCUT2D eigenvalue weighted by molar-refractivity contribution is 8.11. The van der Waals surface area contributed by atoms with E-state index < -0.39 is 0 Å². The molecule has 0 unspecified atom stereocenters. The van der Waals surface area contributed by atoms with Crippen LogP contribution in [-0.2, 0) is 6.42 Å². The molecular weight excluding hydrogens is 256 g/mol. The smallest absolute Gasteiger partial charge is 0.0750 e. The lowest BCUT2D eigenvalue weighted by Gasteiger charge is -2.10. The van der Waals surface area contributed by atoms with Gasteiger partial charge in [0.25, 0.3) is 0 Å². The van der Waals surface area contributed by atoms with Crippen molar-refractivity contribution < 1.29 is 0 Å². The Morgan fingerprint density at radius 2 is 1.67 bits per heavy atom. The van der Waals surface area contributed by atoms with Gasteiger partial charge in [-0.15, -0.1) is 12.6 Å². The predicted molar refractivity (Wildman–Crippen MR) is 86.5 cm³/mol. The summed E-state index contributed by atoms with van der Waals surface area (Å²) in [7, 11) is 0. The summed E-state index contributed by atoms with van der Waals surface area (Å²) in [5.74, 6) is 0. The molecule has 2 heteroatoms. The fraction of sp³-hybridized carbons (Fsp3) is 0.0625. The minimum atomic E-state index is 0.640. The second-order valence-corrected chi connectivity index (χ2v) is 5.20. The Morgan fingerprint density at radius 1 is 1.06 bits per heavy atom. The second-order valence-electron chi connectivity index (χ2n) is 4.04. The summed E-state index contributed by atoms with van der Waals surface area (Å²) in [6.45, 7) is 3.85. The molecule has 0 heterocycles. The topological polar surface area (TPSA) is 0 Å². The number of hydrogen-bond acceptors (Lipinski definition) is 1. The highest BCUT2D eigenvalue weighted by Crippen LogP contribution is 2.19. The number of thiocarbonyl (C=S) groups is 1. The standard InChI is InChI=1S/C16H14S2/c1-2-12-7-3-4-8-13(12)11-14-9-5-6-10-15(14)16(17)18/h2-10H,1,11H2,(H,17,18). The summed E-state index contributed by atoms with van der Waals surface area (Å²) in [4.78, 5) is 0. The van der Waals surface area contributed by atoms with Gasteiger partial charge in [-0.2, -0.15) is 0 Å². The average molecular weight is 270 g/mol. The first-order chi connectivity index (χ1) is 8.72. The molecule has 0 fully saturated rings. The Bertz CT molecular complexity index is 585. The van der Waals surface area contributed by atoms with Crippen LogP contribution in [0.3, 0.4) is 0 Å². The van der Waals surface area contributed by atoms with Crippen molar-refractivity contribution in [3.63, 3.8) is 0 Å². The van der Waals surface area contributed by atoms with E-state index >= 15 is 0 Å². The first-order valence-corrected chi connectivity index (χ1v) is 6.59. The quantitative estimate of drug-likeness (QED) is 0.629. The molecule has 0 spiro atoms. The zero-order valence-electron chi connectivity index (χ0n) is 9.97. The van der Waals surface area contributed by atoms with E-state index in [9.17, 15) is 0 Å². The van der Waals surface area contributed by atoms with Crippen molar-refractivity contribution in [3.8, 4) is 0 Å². The van der Waals surface area contributed by atoms with E-state index in [0.29, 0.717) is 4.20 Å². The Balaban J connectivity index is 2.40. The van der Waals surface area contributed by atoms with Crippen LogP contribution in [-0.4, -0.2) is 4.20 Å². The molecule has 0 aliphatic rings. The van der Waals surface area contributed by atoms with Gasteiger partial charge in [-0.05, 0) is 23.1 Å². The van der Waals surface area contributed by atoms with Gasteiger partial charge in [-0.3, -0.25) is 0 Å². The normalized spacial score (nSPS) is 10.1. The van der Waals surface area contributed by atoms with Crippen LogP contribution in [0.5, 0.6) is 0 Å². The number of thiol groups is 1. The maximum atomic E-state index is 5.17. The highest BCUT2D eigenvalue weighted by Gasteiger charge is 2.06. The zero-order valence-corrected chi connectivity index (χ0v) is 11.7. The van der Waals surface area contributed by atoms with E-state index in [1.807, 2.05) is 36.4 Å². The van der Waals surface area contributed by atoms with Crippen LogP contribution < -0.4 is 0 Å². The number of benzene rings is 2. The van der Waals surface area contributed by atoms with Crippen molar-refractivity contribution in [2.45, 2.75) is 6.42 Å². The van der Waals surface area contributed by atoms with Crippen molar-refractivity contribution in [1.82, 2.24) is 0 Å². The Hall–Kier alpha value is -1.38. The Kier molecular flexibility index (Phi) is 4.34.